The second-order valence-electron chi connectivity index (χ2n) is 4.82. The maximum Gasteiger partial charge on any atom is 0.441 e. The maximum absolute atomic E-state index is 11.8. The number of nitrogens with one attached hydrogen (secondary N) is 1. The quantitative estimate of drug-likeness (QED) is 0.754. The highest BCUT2D eigenvalue weighted by Gasteiger charge is 2.27. The van der Waals surface area contributed by atoms with E-state index in [1.165, 1.54) is 0 Å². The standard InChI is InChI=1S/C10H19F3N2OS/c1-9(2,3)7(14)6-8(16)15-4-5-17-10(11,12)13/h7H,4-6,14H2,1-3H3,(H,15,16). The fraction of sp³-hybridized carbons (Fsp3) is 0.900. The highest BCUT2D eigenvalue weighted by atomic mass is 32.2. The average molecular weight is 272 g/mol. The highest BCUT2D eigenvalue weighted by molar-refractivity contribution is 8.00. The number of carbonyl (C=O) groups excluding carboxylic acids is 1. The third-order valence-corrected chi connectivity index (χ3v) is 2.94. The molecule has 1 amide bonds. The third kappa shape index (κ3) is 9.29. The van der Waals surface area contributed by atoms with E-state index in [9.17, 15) is 18.0 Å². The predicted octanol–water partition coefficient (Wildman–Crippen LogP) is 2.12. The van der Waals surface area contributed by atoms with Crippen molar-refractivity contribution in [3.05, 3.63) is 0 Å². The van der Waals surface area contributed by atoms with Crippen LogP contribution in [0.5, 0.6) is 0 Å². The Morgan fingerprint density at radius 2 is 1.88 bits per heavy atom. The van der Waals surface area contributed by atoms with E-state index in [1.54, 1.807) is 0 Å². The van der Waals surface area contributed by atoms with Crippen LogP contribution in [0.4, 0.5) is 13.2 Å². The van der Waals surface area contributed by atoms with Crippen LogP contribution in [0, 0.1) is 5.41 Å². The molecule has 0 spiro atoms. The summed E-state index contributed by atoms with van der Waals surface area (Å²) in [7, 11) is 0. The fourth-order valence-corrected chi connectivity index (χ4v) is 1.37. The van der Waals surface area contributed by atoms with Crippen molar-refractivity contribution >= 4 is 17.7 Å². The second kappa shape index (κ2) is 6.49. The van der Waals surface area contributed by atoms with Gasteiger partial charge in [0.2, 0.25) is 5.91 Å². The van der Waals surface area contributed by atoms with E-state index >= 15 is 0 Å². The van der Waals surface area contributed by atoms with Gasteiger partial charge in [0.15, 0.2) is 0 Å². The van der Waals surface area contributed by atoms with Gasteiger partial charge in [-0.15, -0.1) is 0 Å². The minimum Gasteiger partial charge on any atom is -0.355 e. The van der Waals surface area contributed by atoms with E-state index in [0.29, 0.717) is 0 Å². The monoisotopic (exact) mass is 272 g/mol. The van der Waals surface area contributed by atoms with Crippen molar-refractivity contribution in [2.24, 2.45) is 11.1 Å². The molecule has 3 N–H and O–H groups in total. The van der Waals surface area contributed by atoms with Gasteiger partial charge in [-0.2, -0.15) is 13.2 Å². The Hall–Kier alpha value is -0.430. The van der Waals surface area contributed by atoms with Crippen LogP contribution >= 0.6 is 11.8 Å². The molecule has 0 aliphatic heterocycles. The summed E-state index contributed by atoms with van der Waals surface area (Å²) in [5.74, 6) is -0.491. The largest absolute Gasteiger partial charge is 0.441 e. The molecule has 0 fully saturated rings. The molecule has 0 saturated heterocycles. The first-order chi connectivity index (χ1) is 7.52. The number of rotatable bonds is 5. The molecule has 7 heteroatoms. The van der Waals surface area contributed by atoms with Crippen molar-refractivity contribution in [3.63, 3.8) is 0 Å². The second-order valence-corrected chi connectivity index (χ2v) is 5.98. The summed E-state index contributed by atoms with van der Waals surface area (Å²) in [6.45, 7) is 5.72. The Morgan fingerprint density at radius 1 is 1.35 bits per heavy atom. The van der Waals surface area contributed by atoms with Gasteiger partial charge in [0.05, 0.1) is 0 Å². The lowest BCUT2D eigenvalue weighted by Crippen LogP contribution is -2.40. The van der Waals surface area contributed by atoms with Gasteiger partial charge in [-0.1, -0.05) is 20.8 Å². The first-order valence-corrected chi connectivity index (χ1v) is 6.24. The SMILES string of the molecule is CC(C)(C)C(N)CC(=O)NCCSC(F)(F)F. The summed E-state index contributed by atoms with van der Waals surface area (Å²) >= 11 is -0.146. The number of alkyl halides is 3. The van der Waals surface area contributed by atoms with Crippen molar-refractivity contribution in [1.29, 1.82) is 0 Å². The molecule has 1 atom stereocenters. The average Bonchev–Trinajstić information content (AvgIpc) is 2.09. The van der Waals surface area contributed by atoms with Gasteiger partial charge in [-0.25, -0.2) is 0 Å². The lowest BCUT2D eigenvalue weighted by molar-refractivity contribution is -0.121. The Morgan fingerprint density at radius 3 is 2.29 bits per heavy atom. The van der Waals surface area contributed by atoms with E-state index in [2.05, 4.69) is 5.32 Å². The Bertz CT molecular complexity index is 251. The molecule has 1 unspecified atom stereocenters. The number of hydrogen-bond acceptors (Lipinski definition) is 3. The molecule has 0 heterocycles. The number of amides is 1. The molecule has 0 rings (SSSR count). The predicted molar refractivity (Wildman–Crippen MR) is 63.6 cm³/mol. The van der Waals surface area contributed by atoms with E-state index in [1.807, 2.05) is 20.8 Å². The van der Waals surface area contributed by atoms with Gasteiger partial charge < -0.3 is 11.1 Å². The molecule has 0 aromatic heterocycles. The molecule has 3 nitrogen and oxygen atoms in total. The zero-order valence-corrected chi connectivity index (χ0v) is 11.0. The summed E-state index contributed by atoms with van der Waals surface area (Å²) in [4.78, 5) is 11.3. The molecule has 17 heavy (non-hydrogen) atoms. The Kier molecular flexibility index (Phi) is 6.32. The summed E-state index contributed by atoms with van der Waals surface area (Å²) in [5.41, 5.74) is 1.34. The molecule has 0 bridgehead atoms. The number of carbonyl (C=O) groups is 1. The Balaban J connectivity index is 3.75. The van der Waals surface area contributed by atoms with Crippen LogP contribution in [0.1, 0.15) is 27.2 Å². The number of hydrogen-bond donors (Lipinski definition) is 2. The van der Waals surface area contributed by atoms with Gasteiger partial charge in [-0.3, -0.25) is 4.79 Å². The molecule has 0 saturated carbocycles. The fourth-order valence-electron chi connectivity index (χ4n) is 0.935. The molecule has 0 radical (unpaired) electrons. The Labute approximate surface area is 104 Å². The zero-order valence-electron chi connectivity index (χ0n) is 10.2. The van der Waals surface area contributed by atoms with E-state index in [0.717, 1.165) is 0 Å². The lowest BCUT2D eigenvalue weighted by atomic mass is 9.85. The van der Waals surface area contributed by atoms with Crippen molar-refractivity contribution in [3.8, 4) is 0 Å². The normalized spacial score (nSPS) is 14.5. The van der Waals surface area contributed by atoms with Crippen molar-refractivity contribution in [2.75, 3.05) is 12.3 Å². The van der Waals surface area contributed by atoms with Crippen molar-refractivity contribution in [2.45, 2.75) is 38.7 Å². The van der Waals surface area contributed by atoms with E-state index in [4.69, 9.17) is 5.73 Å². The van der Waals surface area contributed by atoms with Crippen molar-refractivity contribution in [1.82, 2.24) is 5.32 Å². The number of thioether (sulfide) groups is 1. The smallest absolute Gasteiger partial charge is 0.355 e. The molecule has 0 aromatic carbocycles. The molecular formula is C10H19F3N2OS. The van der Waals surface area contributed by atoms with Crippen LogP contribution in [-0.4, -0.2) is 29.8 Å². The first-order valence-electron chi connectivity index (χ1n) is 5.25. The van der Waals surface area contributed by atoms with Gasteiger partial charge in [-0.05, 0) is 17.2 Å². The van der Waals surface area contributed by atoms with Gasteiger partial charge >= 0.3 is 5.51 Å². The van der Waals surface area contributed by atoms with Crippen LogP contribution in [-0.2, 0) is 4.79 Å². The van der Waals surface area contributed by atoms with Gasteiger partial charge in [0.1, 0.15) is 0 Å². The summed E-state index contributed by atoms with van der Waals surface area (Å²) in [5, 5.41) is 2.42. The lowest BCUT2D eigenvalue weighted by Gasteiger charge is -2.26. The summed E-state index contributed by atoms with van der Waals surface area (Å²) in [6, 6.07) is -0.308. The van der Waals surface area contributed by atoms with Crippen LogP contribution in [0.3, 0.4) is 0 Å². The van der Waals surface area contributed by atoms with E-state index in [-0.39, 0.29) is 47.8 Å². The van der Waals surface area contributed by atoms with Crippen molar-refractivity contribution < 1.29 is 18.0 Å². The molecule has 0 aliphatic rings. The summed E-state index contributed by atoms with van der Waals surface area (Å²) < 4.78 is 35.3. The third-order valence-electron chi connectivity index (χ3n) is 2.21. The zero-order chi connectivity index (χ0) is 13.7. The molecular weight excluding hydrogens is 253 g/mol. The van der Waals surface area contributed by atoms with E-state index < -0.39 is 5.51 Å². The minimum absolute atomic E-state index is 0.000126. The number of nitrogens with two attached hydrogens (primary N) is 1. The van der Waals surface area contributed by atoms with Crippen LogP contribution in [0.2, 0.25) is 0 Å². The summed E-state index contributed by atoms with van der Waals surface area (Å²) in [6.07, 6.45) is 0.125. The van der Waals surface area contributed by atoms with Crippen LogP contribution in [0.25, 0.3) is 0 Å². The van der Waals surface area contributed by atoms with Crippen LogP contribution < -0.4 is 11.1 Å². The number of halogens is 3. The minimum atomic E-state index is -4.24. The maximum atomic E-state index is 11.8. The highest BCUT2D eigenvalue weighted by Crippen LogP contribution is 2.29. The van der Waals surface area contributed by atoms with Gasteiger partial charge in [0.25, 0.3) is 0 Å². The molecule has 0 aromatic rings. The molecule has 102 valence electrons. The molecule has 0 aliphatic carbocycles. The first kappa shape index (κ1) is 16.6. The topological polar surface area (TPSA) is 55.1 Å². The van der Waals surface area contributed by atoms with Crippen LogP contribution in [0.15, 0.2) is 0 Å². The van der Waals surface area contributed by atoms with Gasteiger partial charge in [0, 0.05) is 24.8 Å².